The third-order valence-corrected chi connectivity index (χ3v) is 4.04. The number of hydrogen-bond donors (Lipinski definition) is 2. The molecular weight excluding hydrogens is 344 g/mol. The summed E-state index contributed by atoms with van der Waals surface area (Å²) in [4.78, 5) is 30.4. The van der Waals surface area contributed by atoms with E-state index in [4.69, 9.17) is 9.84 Å². The first-order chi connectivity index (χ1) is 12.7. The maximum absolute atomic E-state index is 12.1. The number of carbonyl (C=O) groups excluding carboxylic acids is 1. The molecular formula is C21H22N2O4. The van der Waals surface area contributed by atoms with Crippen LogP contribution in [0.1, 0.15) is 47.8 Å². The molecule has 6 heteroatoms. The Morgan fingerprint density at radius 1 is 1.15 bits per heavy atom. The van der Waals surface area contributed by atoms with E-state index in [9.17, 15) is 9.59 Å². The number of benzene rings is 1. The fourth-order valence-electron chi connectivity index (χ4n) is 2.95. The number of aromatic nitrogens is 2. The number of carboxylic acids is 1. The van der Waals surface area contributed by atoms with Crippen molar-refractivity contribution in [1.82, 2.24) is 9.97 Å². The van der Waals surface area contributed by atoms with Crippen LogP contribution in [-0.4, -0.2) is 32.6 Å². The number of aromatic amines is 1. The number of nitrogens with zero attached hydrogens (tertiary/aromatic N) is 1. The molecule has 0 amide bonds. The largest absolute Gasteiger partial charge is 0.478 e. The second-order valence-corrected chi connectivity index (χ2v) is 7.52. The predicted octanol–water partition coefficient (Wildman–Crippen LogP) is 3.74. The van der Waals surface area contributed by atoms with Crippen LogP contribution in [0.15, 0.2) is 42.9 Å². The minimum Gasteiger partial charge on any atom is -0.478 e. The molecule has 2 aromatic heterocycles. The molecule has 2 heterocycles. The molecule has 0 aliphatic rings. The van der Waals surface area contributed by atoms with E-state index in [1.807, 2.05) is 45.2 Å². The Bertz CT molecular complexity index is 999. The number of pyridine rings is 1. The van der Waals surface area contributed by atoms with Gasteiger partial charge in [0.1, 0.15) is 5.60 Å². The van der Waals surface area contributed by atoms with Crippen LogP contribution in [0.3, 0.4) is 0 Å². The minimum atomic E-state index is -0.995. The third kappa shape index (κ3) is 4.73. The molecule has 3 rings (SSSR count). The molecule has 0 bridgehead atoms. The Balaban J connectivity index is 1.83. The van der Waals surface area contributed by atoms with Gasteiger partial charge in [-0.3, -0.25) is 9.78 Å². The van der Waals surface area contributed by atoms with Crippen LogP contribution in [0.25, 0.3) is 10.9 Å². The highest BCUT2D eigenvalue weighted by Gasteiger charge is 2.18. The van der Waals surface area contributed by atoms with Crippen LogP contribution in [0.5, 0.6) is 0 Å². The van der Waals surface area contributed by atoms with Crippen molar-refractivity contribution in [3.05, 3.63) is 65.1 Å². The number of H-pyrrole nitrogens is 1. The Morgan fingerprint density at radius 3 is 2.63 bits per heavy atom. The van der Waals surface area contributed by atoms with Crippen molar-refractivity contribution in [2.75, 3.05) is 0 Å². The molecule has 0 saturated carbocycles. The Labute approximate surface area is 157 Å². The highest BCUT2D eigenvalue weighted by molar-refractivity contribution is 5.88. The van der Waals surface area contributed by atoms with Crippen molar-refractivity contribution in [3.8, 4) is 0 Å². The summed E-state index contributed by atoms with van der Waals surface area (Å²) in [5.74, 6) is -1.27. The van der Waals surface area contributed by atoms with Crippen LogP contribution in [-0.2, 0) is 22.4 Å². The molecule has 0 fully saturated rings. The van der Waals surface area contributed by atoms with E-state index in [2.05, 4.69) is 9.97 Å². The van der Waals surface area contributed by atoms with Crippen molar-refractivity contribution in [2.24, 2.45) is 0 Å². The van der Waals surface area contributed by atoms with Crippen molar-refractivity contribution in [1.29, 1.82) is 0 Å². The lowest BCUT2D eigenvalue weighted by molar-refractivity contribution is -0.153. The summed E-state index contributed by atoms with van der Waals surface area (Å²) in [5, 5.41) is 10.1. The molecule has 0 atom stereocenters. The zero-order valence-corrected chi connectivity index (χ0v) is 15.6. The molecule has 0 saturated heterocycles. The van der Waals surface area contributed by atoms with E-state index in [0.717, 1.165) is 27.6 Å². The number of nitrogens with one attached hydrogen (secondary N) is 1. The summed E-state index contributed by atoms with van der Waals surface area (Å²) >= 11 is 0. The minimum absolute atomic E-state index is 0.167. The van der Waals surface area contributed by atoms with Gasteiger partial charge in [0.15, 0.2) is 0 Å². The van der Waals surface area contributed by atoms with E-state index >= 15 is 0 Å². The highest BCUT2D eigenvalue weighted by atomic mass is 16.6. The van der Waals surface area contributed by atoms with Crippen LogP contribution in [0.2, 0.25) is 0 Å². The van der Waals surface area contributed by atoms with Crippen LogP contribution in [0.4, 0.5) is 0 Å². The average Bonchev–Trinajstić information content (AvgIpc) is 2.95. The molecule has 0 unspecified atom stereocenters. The van der Waals surface area contributed by atoms with Crippen molar-refractivity contribution >= 4 is 22.8 Å². The molecule has 0 aliphatic carbocycles. The Kier molecular flexibility index (Phi) is 4.99. The smallest absolute Gasteiger partial charge is 0.337 e. The number of fused-ring (bicyclic) bond motifs is 1. The van der Waals surface area contributed by atoms with Gasteiger partial charge in [-0.1, -0.05) is 6.07 Å². The quantitative estimate of drug-likeness (QED) is 0.671. The molecule has 0 aliphatic heterocycles. The highest BCUT2D eigenvalue weighted by Crippen LogP contribution is 2.23. The van der Waals surface area contributed by atoms with Crippen molar-refractivity contribution in [2.45, 2.75) is 39.2 Å². The maximum atomic E-state index is 12.1. The molecule has 140 valence electrons. The van der Waals surface area contributed by atoms with Gasteiger partial charge in [0, 0.05) is 29.5 Å². The number of carboxylic acid groups (broad SMARTS) is 1. The van der Waals surface area contributed by atoms with Gasteiger partial charge in [-0.15, -0.1) is 0 Å². The number of ether oxygens (including phenoxy) is 1. The number of carbonyl (C=O) groups is 2. The maximum Gasteiger partial charge on any atom is 0.337 e. The van der Waals surface area contributed by atoms with E-state index < -0.39 is 11.6 Å². The fourth-order valence-corrected chi connectivity index (χ4v) is 2.95. The third-order valence-electron chi connectivity index (χ3n) is 4.04. The first-order valence-corrected chi connectivity index (χ1v) is 8.69. The predicted molar refractivity (Wildman–Crippen MR) is 102 cm³/mol. The molecule has 0 radical (unpaired) electrons. The van der Waals surface area contributed by atoms with Crippen molar-refractivity contribution < 1.29 is 19.4 Å². The topological polar surface area (TPSA) is 92.3 Å². The Morgan fingerprint density at radius 2 is 1.93 bits per heavy atom. The van der Waals surface area contributed by atoms with Gasteiger partial charge in [-0.25, -0.2) is 4.79 Å². The lowest BCUT2D eigenvalue weighted by Gasteiger charge is -2.19. The van der Waals surface area contributed by atoms with E-state index in [-0.39, 0.29) is 18.0 Å². The molecule has 1 aromatic carbocycles. The second kappa shape index (κ2) is 7.23. The Hall–Kier alpha value is -3.15. The van der Waals surface area contributed by atoms with Gasteiger partial charge in [-0.2, -0.15) is 0 Å². The molecule has 0 spiro atoms. The summed E-state index contributed by atoms with van der Waals surface area (Å²) in [6.07, 6.45) is 5.57. The standard InChI is InChI=1S/C21H22N2O4/c1-21(2,3)27-19(24)9-15-12-23-18-5-4-13(8-17(15)18)6-14-7-16(20(25)26)11-22-10-14/h4-5,7-8,10-12,23H,6,9H2,1-3H3,(H,25,26). The SMILES string of the molecule is CC(C)(C)OC(=O)Cc1c[nH]c2ccc(Cc3cncc(C(=O)O)c3)cc12. The van der Waals surface area contributed by atoms with Gasteiger partial charge in [-0.05, 0) is 62.1 Å². The van der Waals surface area contributed by atoms with E-state index in [1.54, 1.807) is 12.3 Å². The first kappa shape index (κ1) is 18.6. The molecule has 2 N–H and O–H groups in total. The molecule has 27 heavy (non-hydrogen) atoms. The summed E-state index contributed by atoms with van der Waals surface area (Å²) in [5.41, 5.74) is 3.29. The van der Waals surface area contributed by atoms with Gasteiger partial charge in [0.25, 0.3) is 0 Å². The normalized spacial score (nSPS) is 11.5. The fraction of sp³-hybridized carbons (Fsp3) is 0.286. The first-order valence-electron chi connectivity index (χ1n) is 8.69. The summed E-state index contributed by atoms with van der Waals surface area (Å²) in [7, 11) is 0. The summed E-state index contributed by atoms with van der Waals surface area (Å²) in [6, 6.07) is 7.57. The number of esters is 1. The second-order valence-electron chi connectivity index (χ2n) is 7.52. The van der Waals surface area contributed by atoms with Crippen LogP contribution >= 0.6 is 0 Å². The van der Waals surface area contributed by atoms with Crippen LogP contribution in [0, 0.1) is 0 Å². The summed E-state index contributed by atoms with van der Waals surface area (Å²) in [6.45, 7) is 5.53. The van der Waals surface area contributed by atoms with E-state index in [0.29, 0.717) is 6.42 Å². The number of aromatic carboxylic acids is 1. The average molecular weight is 366 g/mol. The van der Waals surface area contributed by atoms with Gasteiger partial charge in [0.05, 0.1) is 12.0 Å². The lowest BCUT2D eigenvalue weighted by atomic mass is 10.0. The van der Waals surface area contributed by atoms with Gasteiger partial charge >= 0.3 is 11.9 Å². The molecule has 3 aromatic rings. The number of hydrogen-bond acceptors (Lipinski definition) is 4. The van der Waals surface area contributed by atoms with E-state index in [1.165, 1.54) is 6.20 Å². The van der Waals surface area contributed by atoms with Crippen molar-refractivity contribution in [3.63, 3.8) is 0 Å². The van der Waals surface area contributed by atoms with Gasteiger partial charge in [0.2, 0.25) is 0 Å². The zero-order chi connectivity index (χ0) is 19.6. The summed E-state index contributed by atoms with van der Waals surface area (Å²) < 4.78 is 5.40. The monoisotopic (exact) mass is 366 g/mol. The zero-order valence-electron chi connectivity index (χ0n) is 15.6. The molecule has 6 nitrogen and oxygen atoms in total. The van der Waals surface area contributed by atoms with Gasteiger partial charge < -0.3 is 14.8 Å². The number of rotatable bonds is 5. The van der Waals surface area contributed by atoms with Crippen LogP contribution < -0.4 is 0 Å². The lowest BCUT2D eigenvalue weighted by Crippen LogP contribution is -2.24.